The van der Waals surface area contributed by atoms with Gasteiger partial charge in [-0.3, -0.25) is 14.9 Å². The summed E-state index contributed by atoms with van der Waals surface area (Å²) in [6, 6.07) is 1.03. The molecule has 18 heavy (non-hydrogen) atoms. The molecule has 0 saturated heterocycles. The molecule has 2 rings (SSSR count). The number of benzene rings is 1. The van der Waals surface area contributed by atoms with Crippen molar-refractivity contribution < 1.29 is 18.5 Å². The molecular formula is C9H4F2N4O3. The van der Waals surface area contributed by atoms with Crippen LogP contribution in [0.25, 0.3) is 5.69 Å². The van der Waals surface area contributed by atoms with E-state index < -0.39 is 27.9 Å². The highest BCUT2D eigenvalue weighted by atomic mass is 19.1. The second-order valence-electron chi connectivity index (χ2n) is 3.22. The molecule has 0 aliphatic carbocycles. The van der Waals surface area contributed by atoms with Crippen LogP contribution >= 0.6 is 0 Å². The Morgan fingerprint density at radius 3 is 2.67 bits per heavy atom. The summed E-state index contributed by atoms with van der Waals surface area (Å²) in [5.74, 6) is -2.26. The van der Waals surface area contributed by atoms with Gasteiger partial charge in [-0.15, -0.1) is 5.10 Å². The summed E-state index contributed by atoms with van der Waals surface area (Å²) in [4.78, 5) is 20.2. The molecule has 1 aromatic heterocycles. The van der Waals surface area contributed by atoms with Gasteiger partial charge in [0.25, 0.3) is 0 Å². The highest BCUT2D eigenvalue weighted by molar-refractivity contribution is 5.71. The molecule has 0 fully saturated rings. The van der Waals surface area contributed by atoms with Crippen LogP contribution in [0.3, 0.4) is 0 Å². The van der Waals surface area contributed by atoms with E-state index in [4.69, 9.17) is 0 Å². The number of nitrogens with zero attached hydrogens (tertiary/aromatic N) is 4. The lowest BCUT2D eigenvalue weighted by atomic mass is 10.2. The standard InChI is InChI=1S/C9H4F2N4O3/c10-5-1-7(11)9(8(2-5)15(17)18)14-3-6(4-16)12-13-14/h1-4H. The molecule has 1 aromatic carbocycles. The summed E-state index contributed by atoms with van der Waals surface area (Å²) >= 11 is 0. The Bertz CT molecular complexity index is 641. The summed E-state index contributed by atoms with van der Waals surface area (Å²) in [5.41, 5.74) is -1.52. The molecule has 0 atom stereocenters. The van der Waals surface area contributed by atoms with E-state index in [2.05, 4.69) is 10.3 Å². The van der Waals surface area contributed by atoms with Crippen LogP contribution in [0, 0.1) is 21.7 Å². The largest absolute Gasteiger partial charge is 0.300 e. The molecule has 0 bridgehead atoms. The minimum Gasteiger partial charge on any atom is -0.296 e. The van der Waals surface area contributed by atoms with Gasteiger partial charge in [-0.05, 0) is 0 Å². The van der Waals surface area contributed by atoms with E-state index in [1.807, 2.05) is 0 Å². The second kappa shape index (κ2) is 4.28. The topological polar surface area (TPSA) is 90.9 Å². The van der Waals surface area contributed by atoms with E-state index in [0.717, 1.165) is 6.20 Å². The molecule has 0 aliphatic rings. The molecule has 2 aromatic rings. The monoisotopic (exact) mass is 254 g/mol. The summed E-state index contributed by atoms with van der Waals surface area (Å²) in [5, 5.41) is 17.4. The highest BCUT2D eigenvalue weighted by Gasteiger charge is 2.23. The van der Waals surface area contributed by atoms with Crippen LogP contribution in [0.2, 0.25) is 0 Å². The Balaban J connectivity index is 2.69. The number of carbonyl (C=O) groups is 1. The van der Waals surface area contributed by atoms with E-state index in [0.29, 0.717) is 23.1 Å². The van der Waals surface area contributed by atoms with E-state index >= 15 is 0 Å². The Labute approximate surface area is 97.8 Å². The van der Waals surface area contributed by atoms with Crippen LogP contribution in [0.4, 0.5) is 14.5 Å². The van der Waals surface area contributed by atoms with Gasteiger partial charge in [0.2, 0.25) is 0 Å². The van der Waals surface area contributed by atoms with E-state index in [9.17, 15) is 23.7 Å². The van der Waals surface area contributed by atoms with Crippen molar-refractivity contribution in [2.24, 2.45) is 0 Å². The fourth-order valence-electron chi connectivity index (χ4n) is 1.36. The van der Waals surface area contributed by atoms with Crippen molar-refractivity contribution >= 4 is 12.0 Å². The minimum atomic E-state index is -1.18. The second-order valence-corrected chi connectivity index (χ2v) is 3.22. The van der Waals surface area contributed by atoms with Crippen LogP contribution in [0.1, 0.15) is 10.5 Å². The van der Waals surface area contributed by atoms with Crippen LogP contribution < -0.4 is 0 Å². The van der Waals surface area contributed by atoms with Gasteiger partial charge in [-0.25, -0.2) is 13.5 Å². The van der Waals surface area contributed by atoms with Crippen LogP contribution in [-0.2, 0) is 0 Å². The Morgan fingerprint density at radius 2 is 2.11 bits per heavy atom. The van der Waals surface area contributed by atoms with Crippen molar-refractivity contribution in [1.82, 2.24) is 15.0 Å². The zero-order chi connectivity index (χ0) is 13.3. The average molecular weight is 254 g/mol. The van der Waals surface area contributed by atoms with Crippen molar-refractivity contribution in [3.63, 3.8) is 0 Å². The summed E-state index contributed by atoms with van der Waals surface area (Å²) in [6.07, 6.45) is 1.34. The zero-order valence-electron chi connectivity index (χ0n) is 8.58. The molecule has 0 amide bonds. The first-order valence-electron chi connectivity index (χ1n) is 4.54. The van der Waals surface area contributed by atoms with Crippen molar-refractivity contribution in [1.29, 1.82) is 0 Å². The van der Waals surface area contributed by atoms with Crippen LogP contribution in [0.5, 0.6) is 0 Å². The number of nitro benzene ring substituents is 1. The van der Waals surface area contributed by atoms with Gasteiger partial charge in [0, 0.05) is 6.07 Å². The van der Waals surface area contributed by atoms with Gasteiger partial charge in [0.1, 0.15) is 11.5 Å². The molecule has 0 spiro atoms. The lowest BCUT2D eigenvalue weighted by Gasteiger charge is -2.03. The molecule has 0 radical (unpaired) electrons. The number of carbonyl (C=O) groups excluding carboxylic acids is 1. The SMILES string of the molecule is O=Cc1cn(-c2c(F)cc(F)cc2[N+](=O)[O-])nn1. The summed E-state index contributed by atoms with van der Waals surface area (Å²) < 4.78 is 27.2. The lowest BCUT2D eigenvalue weighted by Crippen LogP contribution is -2.05. The quantitative estimate of drug-likeness (QED) is 0.467. The maximum absolute atomic E-state index is 13.5. The molecule has 0 aliphatic heterocycles. The third kappa shape index (κ3) is 1.93. The van der Waals surface area contributed by atoms with Crippen molar-refractivity contribution in [3.8, 4) is 5.69 Å². The lowest BCUT2D eigenvalue weighted by molar-refractivity contribution is -0.385. The number of hydrogen-bond acceptors (Lipinski definition) is 5. The zero-order valence-corrected chi connectivity index (χ0v) is 8.58. The first kappa shape index (κ1) is 11.8. The molecule has 7 nitrogen and oxygen atoms in total. The Hall–Kier alpha value is -2.71. The maximum Gasteiger partial charge on any atom is 0.300 e. The minimum absolute atomic E-state index is 0.131. The Kier molecular flexibility index (Phi) is 2.80. The van der Waals surface area contributed by atoms with E-state index in [1.54, 1.807) is 0 Å². The predicted octanol–water partition coefficient (Wildman–Crippen LogP) is 1.27. The number of hydrogen-bond donors (Lipinski definition) is 0. The molecule has 0 unspecified atom stereocenters. The van der Waals surface area contributed by atoms with Crippen molar-refractivity contribution in [2.75, 3.05) is 0 Å². The molecule has 0 N–H and O–H groups in total. The first-order chi connectivity index (χ1) is 8.52. The maximum atomic E-state index is 13.5. The molecule has 92 valence electrons. The van der Waals surface area contributed by atoms with E-state index in [1.165, 1.54) is 0 Å². The molecule has 9 heteroatoms. The highest BCUT2D eigenvalue weighted by Crippen LogP contribution is 2.26. The Morgan fingerprint density at radius 1 is 1.39 bits per heavy atom. The van der Waals surface area contributed by atoms with Gasteiger partial charge in [0.05, 0.1) is 17.2 Å². The number of aldehydes is 1. The number of aromatic nitrogens is 3. The van der Waals surface area contributed by atoms with Gasteiger partial charge in [0.15, 0.2) is 17.8 Å². The number of nitro groups is 1. The third-order valence-corrected chi connectivity index (χ3v) is 2.07. The van der Waals surface area contributed by atoms with Gasteiger partial charge in [-0.2, -0.15) is 0 Å². The molecular weight excluding hydrogens is 250 g/mol. The van der Waals surface area contributed by atoms with Gasteiger partial charge in [-0.1, -0.05) is 5.21 Å². The average Bonchev–Trinajstić information content (AvgIpc) is 2.76. The number of halogens is 2. The summed E-state index contributed by atoms with van der Waals surface area (Å²) in [7, 11) is 0. The molecule has 1 heterocycles. The predicted molar refractivity (Wildman–Crippen MR) is 53.3 cm³/mol. The van der Waals surface area contributed by atoms with Crippen LogP contribution in [-0.4, -0.2) is 26.2 Å². The number of rotatable bonds is 3. The van der Waals surface area contributed by atoms with E-state index in [-0.39, 0.29) is 5.69 Å². The molecule has 0 saturated carbocycles. The first-order valence-corrected chi connectivity index (χ1v) is 4.54. The van der Waals surface area contributed by atoms with Crippen molar-refractivity contribution in [3.05, 3.63) is 45.8 Å². The summed E-state index contributed by atoms with van der Waals surface area (Å²) in [6.45, 7) is 0. The van der Waals surface area contributed by atoms with Gasteiger partial charge < -0.3 is 0 Å². The fraction of sp³-hybridized carbons (Fsp3) is 0. The smallest absolute Gasteiger partial charge is 0.296 e. The van der Waals surface area contributed by atoms with Crippen LogP contribution in [0.15, 0.2) is 18.3 Å². The third-order valence-electron chi connectivity index (χ3n) is 2.07. The van der Waals surface area contributed by atoms with Crippen molar-refractivity contribution in [2.45, 2.75) is 0 Å². The van der Waals surface area contributed by atoms with Gasteiger partial charge >= 0.3 is 5.69 Å². The normalized spacial score (nSPS) is 10.3. The fourth-order valence-corrected chi connectivity index (χ4v) is 1.36.